The van der Waals surface area contributed by atoms with Gasteiger partial charge >= 0.3 is 0 Å². The van der Waals surface area contributed by atoms with Crippen molar-refractivity contribution in [1.82, 2.24) is 0 Å². The summed E-state index contributed by atoms with van der Waals surface area (Å²) in [6, 6.07) is 12.9. The molecule has 0 aromatic heterocycles. The highest BCUT2D eigenvalue weighted by atomic mass is 79.9. The zero-order valence-corrected chi connectivity index (χ0v) is 13.3. The van der Waals surface area contributed by atoms with Crippen LogP contribution < -0.4 is 10.6 Å². The zero-order valence-electron chi connectivity index (χ0n) is 11.7. The lowest BCUT2D eigenvalue weighted by Crippen LogP contribution is -2.32. The van der Waals surface area contributed by atoms with Gasteiger partial charge in [0.2, 0.25) is 5.91 Å². The second kappa shape index (κ2) is 7.04. The van der Waals surface area contributed by atoms with Crippen LogP contribution in [0.1, 0.15) is 6.92 Å². The molecule has 0 heterocycles. The van der Waals surface area contributed by atoms with E-state index in [1.165, 1.54) is 12.1 Å². The number of amides is 1. The van der Waals surface area contributed by atoms with Crippen molar-refractivity contribution in [3.63, 3.8) is 0 Å². The molecule has 2 N–H and O–H groups in total. The standard InChI is InChI=1S/C15H14BrN3O3/c1-10(17-12-8-6-11(16)7-9-12)15(20)18-13-4-2-3-5-14(13)19(21)22/h2-10,17H,1H3,(H,18,20). The normalized spacial score (nSPS) is 11.5. The molecule has 0 bridgehead atoms. The summed E-state index contributed by atoms with van der Waals surface area (Å²) in [7, 11) is 0. The number of hydrogen-bond donors (Lipinski definition) is 2. The van der Waals surface area contributed by atoms with Gasteiger partial charge in [-0.25, -0.2) is 0 Å². The summed E-state index contributed by atoms with van der Waals surface area (Å²) < 4.78 is 0.940. The Morgan fingerprint density at radius 2 is 1.82 bits per heavy atom. The Balaban J connectivity index is 2.05. The van der Waals surface area contributed by atoms with Gasteiger partial charge in [-0.1, -0.05) is 28.1 Å². The Labute approximate surface area is 135 Å². The van der Waals surface area contributed by atoms with Gasteiger partial charge in [0.1, 0.15) is 11.7 Å². The average molecular weight is 364 g/mol. The molecule has 0 saturated carbocycles. The molecular weight excluding hydrogens is 350 g/mol. The summed E-state index contributed by atoms with van der Waals surface area (Å²) in [6.07, 6.45) is 0. The molecule has 2 rings (SSSR count). The number of nitrogens with zero attached hydrogens (tertiary/aromatic N) is 1. The Morgan fingerprint density at radius 1 is 1.18 bits per heavy atom. The number of nitrogens with one attached hydrogen (secondary N) is 2. The van der Waals surface area contributed by atoms with E-state index >= 15 is 0 Å². The van der Waals surface area contributed by atoms with Gasteiger partial charge in [-0.3, -0.25) is 14.9 Å². The van der Waals surface area contributed by atoms with Gasteiger partial charge in [0, 0.05) is 16.2 Å². The van der Waals surface area contributed by atoms with Gasteiger partial charge in [0.15, 0.2) is 0 Å². The van der Waals surface area contributed by atoms with E-state index in [0.29, 0.717) is 0 Å². The Bertz CT molecular complexity index is 689. The molecule has 0 saturated heterocycles. The monoisotopic (exact) mass is 363 g/mol. The van der Waals surface area contributed by atoms with Crippen molar-refractivity contribution in [2.24, 2.45) is 0 Å². The van der Waals surface area contributed by atoms with E-state index in [4.69, 9.17) is 0 Å². The Morgan fingerprint density at radius 3 is 2.45 bits per heavy atom. The lowest BCUT2D eigenvalue weighted by molar-refractivity contribution is -0.383. The smallest absolute Gasteiger partial charge is 0.292 e. The topological polar surface area (TPSA) is 84.3 Å². The minimum atomic E-state index is -0.541. The van der Waals surface area contributed by atoms with Crippen LogP contribution in [0, 0.1) is 10.1 Å². The van der Waals surface area contributed by atoms with Gasteiger partial charge in [-0.05, 0) is 37.3 Å². The number of rotatable bonds is 5. The van der Waals surface area contributed by atoms with Crippen LogP contribution in [0.4, 0.5) is 17.1 Å². The van der Waals surface area contributed by atoms with E-state index < -0.39 is 11.0 Å². The summed E-state index contributed by atoms with van der Waals surface area (Å²) in [5, 5.41) is 16.5. The fourth-order valence-electron chi connectivity index (χ4n) is 1.84. The third-order valence-electron chi connectivity index (χ3n) is 2.98. The molecule has 0 aliphatic rings. The van der Waals surface area contributed by atoms with Crippen molar-refractivity contribution >= 4 is 38.9 Å². The first-order valence-corrected chi connectivity index (χ1v) is 7.33. The van der Waals surface area contributed by atoms with Gasteiger partial charge in [-0.2, -0.15) is 0 Å². The number of hydrogen-bond acceptors (Lipinski definition) is 4. The van der Waals surface area contributed by atoms with Gasteiger partial charge in [0.05, 0.1) is 4.92 Å². The first-order valence-electron chi connectivity index (χ1n) is 6.54. The number of para-hydroxylation sites is 2. The Kier molecular flexibility index (Phi) is 5.11. The fourth-order valence-corrected chi connectivity index (χ4v) is 2.11. The lowest BCUT2D eigenvalue weighted by atomic mass is 10.2. The van der Waals surface area contributed by atoms with Crippen LogP contribution >= 0.6 is 15.9 Å². The molecule has 0 aliphatic heterocycles. The highest BCUT2D eigenvalue weighted by molar-refractivity contribution is 9.10. The molecule has 1 amide bonds. The highest BCUT2D eigenvalue weighted by Crippen LogP contribution is 2.23. The van der Waals surface area contributed by atoms with Gasteiger partial charge < -0.3 is 10.6 Å². The molecule has 0 spiro atoms. The van der Waals surface area contributed by atoms with E-state index in [1.54, 1.807) is 19.1 Å². The summed E-state index contributed by atoms with van der Waals surface area (Å²) in [5.41, 5.74) is 0.835. The summed E-state index contributed by atoms with van der Waals surface area (Å²) >= 11 is 3.34. The van der Waals surface area contributed by atoms with Crippen molar-refractivity contribution in [2.45, 2.75) is 13.0 Å². The largest absolute Gasteiger partial charge is 0.374 e. The number of carbonyl (C=O) groups excluding carboxylic acids is 1. The van der Waals surface area contributed by atoms with Crippen LogP contribution in [0.2, 0.25) is 0 Å². The van der Waals surface area contributed by atoms with Crippen LogP contribution in [-0.4, -0.2) is 16.9 Å². The number of nitro benzene ring substituents is 1. The first-order chi connectivity index (χ1) is 10.5. The average Bonchev–Trinajstić information content (AvgIpc) is 2.49. The lowest BCUT2D eigenvalue weighted by Gasteiger charge is -2.15. The zero-order chi connectivity index (χ0) is 16.1. The molecule has 2 aromatic carbocycles. The predicted octanol–water partition coefficient (Wildman–Crippen LogP) is 3.80. The minimum absolute atomic E-state index is 0.133. The van der Waals surface area contributed by atoms with Crippen LogP contribution in [0.3, 0.4) is 0 Å². The Hall–Kier alpha value is -2.41. The van der Waals surface area contributed by atoms with E-state index in [1.807, 2.05) is 24.3 Å². The maximum atomic E-state index is 12.2. The van der Waals surface area contributed by atoms with Crippen molar-refractivity contribution in [3.8, 4) is 0 Å². The first kappa shape index (κ1) is 16.0. The molecule has 0 radical (unpaired) electrons. The van der Waals surface area contributed by atoms with Gasteiger partial charge in [0.25, 0.3) is 5.69 Å². The van der Waals surface area contributed by atoms with E-state index in [2.05, 4.69) is 26.6 Å². The quantitative estimate of drug-likeness (QED) is 0.624. The molecule has 1 unspecified atom stereocenters. The minimum Gasteiger partial charge on any atom is -0.374 e. The van der Waals surface area contributed by atoms with Crippen LogP contribution in [-0.2, 0) is 4.79 Å². The van der Waals surface area contributed by atoms with Crippen LogP contribution in [0.5, 0.6) is 0 Å². The second-order valence-electron chi connectivity index (χ2n) is 4.64. The summed E-state index contributed by atoms with van der Waals surface area (Å²) in [5.74, 6) is -0.350. The van der Waals surface area contributed by atoms with Crippen molar-refractivity contribution in [2.75, 3.05) is 10.6 Å². The predicted molar refractivity (Wildman–Crippen MR) is 89.0 cm³/mol. The molecule has 114 valence electrons. The number of benzene rings is 2. The van der Waals surface area contributed by atoms with E-state index in [9.17, 15) is 14.9 Å². The third-order valence-corrected chi connectivity index (χ3v) is 3.51. The van der Waals surface area contributed by atoms with Crippen molar-refractivity contribution in [1.29, 1.82) is 0 Å². The molecule has 6 nitrogen and oxygen atoms in total. The van der Waals surface area contributed by atoms with Crippen LogP contribution in [0.25, 0.3) is 0 Å². The van der Waals surface area contributed by atoms with E-state index in [0.717, 1.165) is 10.2 Å². The van der Waals surface area contributed by atoms with Crippen molar-refractivity contribution < 1.29 is 9.72 Å². The summed E-state index contributed by atoms with van der Waals surface area (Å²) in [4.78, 5) is 22.6. The maximum Gasteiger partial charge on any atom is 0.292 e. The van der Waals surface area contributed by atoms with Crippen molar-refractivity contribution in [3.05, 3.63) is 63.1 Å². The fraction of sp³-hybridized carbons (Fsp3) is 0.133. The summed E-state index contributed by atoms with van der Waals surface area (Å²) in [6.45, 7) is 1.69. The van der Waals surface area contributed by atoms with Crippen LogP contribution in [0.15, 0.2) is 53.0 Å². The SMILES string of the molecule is CC(Nc1ccc(Br)cc1)C(=O)Nc1ccccc1[N+](=O)[O-]. The molecular formula is C15H14BrN3O3. The molecule has 2 aromatic rings. The molecule has 1 atom stereocenters. The molecule has 22 heavy (non-hydrogen) atoms. The maximum absolute atomic E-state index is 12.2. The molecule has 0 fully saturated rings. The second-order valence-corrected chi connectivity index (χ2v) is 5.55. The van der Waals surface area contributed by atoms with Gasteiger partial charge in [-0.15, -0.1) is 0 Å². The third kappa shape index (κ3) is 4.05. The number of halogens is 1. The highest BCUT2D eigenvalue weighted by Gasteiger charge is 2.18. The van der Waals surface area contributed by atoms with E-state index in [-0.39, 0.29) is 17.3 Å². The number of carbonyl (C=O) groups is 1. The number of nitro groups is 1. The molecule has 7 heteroatoms. The number of anilines is 2. The molecule has 0 aliphatic carbocycles.